The number of likely N-dealkylation sites (N-methyl/N-ethyl adjacent to an activating group) is 1. The van der Waals surface area contributed by atoms with E-state index in [-0.39, 0.29) is 6.54 Å². The van der Waals surface area contributed by atoms with Gasteiger partial charge >= 0.3 is 5.97 Å². The molecule has 2 N–H and O–H groups in total. The van der Waals surface area contributed by atoms with E-state index in [2.05, 4.69) is 35.8 Å². The maximum atomic E-state index is 11.2. The molecule has 0 rings (SSSR count). The van der Waals surface area contributed by atoms with Crippen molar-refractivity contribution in [3.63, 3.8) is 0 Å². The number of hydrogen-bond donors (Lipinski definition) is 2. The lowest BCUT2D eigenvalue weighted by molar-refractivity contribution is -0.159. The average molecular weight is 246 g/mol. The van der Waals surface area contributed by atoms with Gasteiger partial charge in [0.25, 0.3) is 0 Å². The van der Waals surface area contributed by atoms with Crippen LogP contribution in [0.2, 0.25) is 0 Å². The van der Waals surface area contributed by atoms with E-state index < -0.39 is 11.6 Å². The van der Waals surface area contributed by atoms with Gasteiger partial charge in [-0.3, -0.25) is 0 Å². The summed E-state index contributed by atoms with van der Waals surface area (Å²) >= 11 is 0. The minimum absolute atomic E-state index is 0.202. The van der Waals surface area contributed by atoms with Gasteiger partial charge in [0.15, 0.2) is 5.60 Å². The van der Waals surface area contributed by atoms with Gasteiger partial charge in [-0.05, 0) is 27.3 Å². The lowest BCUT2D eigenvalue weighted by Gasteiger charge is -2.25. The molecule has 5 heteroatoms. The number of nitrogens with zero attached hydrogens (tertiary/aromatic N) is 1. The first-order valence-electron chi connectivity index (χ1n) is 6.07. The van der Waals surface area contributed by atoms with Crippen LogP contribution in [0.25, 0.3) is 0 Å². The van der Waals surface area contributed by atoms with Crippen LogP contribution in [0.15, 0.2) is 0 Å². The molecule has 2 unspecified atom stereocenters. The third-order valence-corrected chi connectivity index (χ3v) is 3.08. The molecule has 0 aromatic heterocycles. The molecule has 2 atom stereocenters. The first-order chi connectivity index (χ1) is 7.85. The Labute approximate surface area is 104 Å². The molecule has 0 fully saturated rings. The lowest BCUT2D eigenvalue weighted by Crippen LogP contribution is -2.47. The fourth-order valence-electron chi connectivity index (χ4n) is 1.41. The van der Waals surface area contributed by atoms with Crippen LogP contribution in [-0.4, -0.2) is 61.4 Å². The Morgan fingerprint density at radius 3 is 2.65 bits per heavy atom. The van der Waals surface area contributed by atoms with Crippen molar-refractivity contribution in [3.8, 4) is 0 Å². The molecule has 0 saturated heterocycles. The number of carbonyl (C=O) groups excluding carboxylic acids is 1. The van der Waals surface area contributed by atoms with Gasteiger partial charge in [-0.2, -0.15) is 0 Å². The summed E-state index contributed by atoms with van der Waals surface area (Å²) in [6, 6.07) is 0.540. The Hall–Kier alpha value is -0.650. The van der Waals surface area contributed by atoms with Gasteiger partial charge in [-0.15, -0.1) is 0 Å². The number of carbonyl (C=O) groups is 1. The summed E-state index contributed by atoms with van der Waals surface area (Å²) in [6.45, 7) is 7.58. The fraction of sp³-hybridized carbons (Fsp3) is 0.917. The van der Waals surface area contributed by atoms with E-state index in [1.165, 1.54) is 14.0 Å². The van der Waals surface area contributed by atoms with Gasteiger partial charge in [0, 0.05) is 25.7 Å². The van der Waals surface area contributed by atoms with Crippen LogP contribution >= 0.6 is 0 Å². The minimum atomic E-state index is -1.45. The molecule has 0 radical (unpaired) electrons. The minimum Gasteiger partial charge on any atom is -0.467 e. The first-order valence-corrected chi connectivity index (χ1v) is 6.07. The maximum Gasteiger partial charge on any atom is 0.338 e. The standard InChI is InChI=1S/C12H26N2O3/c1-6-10(2)14(4)8-7-13-9-12(3,16)11(15)17-5/h10,13,16H,6-9H2,1-5H3. The Balaban J connectivity index is 3.81. The van der Waals surface area contributed by atoms with Crippen molar-refractivity contribution in [1.82, 2.24) is 10.2 Å². The summed E-state index contributed by atoms with van der Waals surface area (Å²) in [5.41, 5.74) is -1.45. The summed E-state index contributed by atoms with van der Waals surface area (Å²) < 4.78 is 4.51. The molecular weight excluding hydrogens is 220 g/mol. The van der Waals surface area contributed by atoms with Gasteiger partial charge in [0.05, 0.1) is 7.11 Å². The molecule has 0 aliphatic carbocycles. The van der Waals surface area contributed by atoms with Gasteiger partial charge in [-0.1, -0.05) is 6.92 Å². The smallest absolute Gasteiger partial charge is 0.338 e. The van der Waals surface area contributed by atoms with Crippen molar-refractivity contribution in [3.05, 3.63) is 0 Å². The highest BCUT2D eigenvalue weighted by molar-refractivity contribution is 5.78. The maximum absolute atomic E-state index is 11.2. The Bertz CT molecular complexity index is 232. The number of ether oxygens (including phenoxy) is 1. The van der Waals surface area contributed by atoms with E-state index in [4.69, 9.17) is 0 Å². The number of hydrogen-bond acceptors (Lipinski definition) is 5. The van der Waals surface area contributed by atoms with Crippen LogP contribution in [0.4, 0.5) is 0 Å². The Kier molecular flexibility index (Phi) is 7.34. The van der Waals surface area contributed by atoms with Gasteiger partial charge in [0.1, 0.15) is 0 Å². The quantitative estimate of drug-likeness (QED) is 0.474. The molecule has 0 amide bonds. The van der Waals surface area contributed by atoms with Crippen LogP contribution in [-0.2, 0) is 9.53 Å². The van der Waals surface area contributed by atoms with Gasteiger partial charge in [-0.25, -0.2) is 4.79 Å². The van der Waals surface area contributed by atoms with E-state index in [0.717, 1.165) is 19.5 Å². The summed E-state index contributed by atoms with van der Waals surface area (Å²) in [5, 5.41) is 12.8. The highest BCUT2D eigenvalue weighted by atomic mass is 16.5. The zero-order chi connectivity index (χ0) is 13.5. The summed E-state index contributed by atoms with van der Waals surface area (Å²) in [6.07, 6.45) is 1.11. The molecule has 0 bridgehead atoms. The molecule has 0 heterocycles. The van der Waals surface area contributed by atoms with E-state index in [1.54, 1.807) is 0 Å². The number of esters is 1. The average Bonchev–Trinajstić information content (AvgIpc) is 2.31. The fourth-order valence-corrected chi connectivity index (χ4v) is 1.41. The van der Waals surface area contributed by atoms with Crippen molar-refractivity contribution >= 4 is 5.97 Å². The molecule has 0 aliphatic heterocycles. The summed E-state index contributed by atoms with van der Waals surface area (Å²) in [4.78, 5) is 13.4. The monoisotopic (exact) mass is 246 g/mol. The van der Waals surface area contributed by atoms with Crippen molar-refractivity contribution in [1.29, 1.82) is 0 Å². The third-order valence-electron chi connectivity index (χ3n) is 3.08. The number of aliphatic hydroxyl groups is 1. The highest BCUT2D eigenvalue weighted by Gasteiger charge is 2.30. The van der Waals surface area contributed by atoms with Crippen LogP contribution in [0.3, 0.4) is 0 Å². The molecule has 5 nitrogen and oxygen atoms in total. The second kappa shape index (κ2) is 7.63. The van der Waals surface area contributed by atoms with Crippen molar-refractivity contribution in [2.75, 3.05) is 33.8 Å². The van der Waals surface area contributed by atoms with Crippen LogP contribution in [0.5, 0.6) is 0 Å². The molecule has 102 valence electrons. The molecule has 17 heavy (non-hydrogen) atoms. The second-order valence-corrected chi connectivity index (χ2v) is 4.68. The highest BCUT2D eigenvalue weighted by Crippen LogP contribution is 2.03. The topological polar surface area (TPSA) is 61.8 Å². The second-order valence-electron chi connectivity index (χ2n) is 4.68. The lowest BCUT2D eigenvalue weighted by atomic mass is 10.1. The zero-order valence-electron chi connectivity index (χ0n) is 11.6. The first kappa shape index (κ1) is 16.4. The number of methoxy groups -OCH3 is 1. The van der Waals surface area contributed by atoms with Crippen molar-refractivity contribution in [2.45, 2.75) is 38.8 Å². The zero-order valence-corrected chi connectivity index (χ0v) is 11.6. The normalized spacial score (nSPS) is 16.6. The largest absolute Gasteiger partial charge is 0.467 e. The summed E-state index contributed by atoms with van der Waals surface area (Å²) in [5.74, 6) is -0.611. The molecule has 0 spiro atoms. The van der Waals surface area contributed by atoms with E-state index in [1.807, 2.05) is 0 Å². The molecular formula is C12H26N2O3. The van der Waals surface area contributed by atoms with Crippen LogP contribution in [0.1, 0.15) is 27.2 Å². The SMILES string of the molecule is CCC(C)N(C)CCNCC(C)(O)C(=O)OC. The van der Waals surface area contributed by atoms with E-state index >= 15 is 0 Å². The van der Waals surface area contributed by atoms with Crippen LogP contribution < -0.4 is 5.32 Å². The molecule has 0 aromatic rings. The van der Waals surface area contributed by atoms with E-state index in [9.17, 15) is 9.90 Å². The Morgan fingerprint density at radius 1 is 1.59 bits per heavy atom. The predicted octanol–water partition coefficient (Wildman–Crippen LogP) is 0.230. The summed E-state index contributed by atoms with van der Waals surface area (Å²) in [7, 11) is 3.34. The van der Waals surface area contributed by atoms with Gasteiger partial charge in [0.2, 0.25) is 0 Å². The number of nitrogens with one attached hydrogen (secondary N) is 1. The Morgan fingerprint density at radius 2 is 2.18 bits per heavy atom. The number of rotatable bonds is 8. The predicted molar refractivity (Wildman–Crippen MR) is 67.9 cm³/mol. The third kappa shape index (κ3) is 6.00. The van der Waals surface area contributed by atoms with Crippen LogP contribution in [0, 0.1) is 0 Å². The molecule has 0 aliphatic rings. The van der Waals surface area contributed by atoms with E-state index in [0.29, 0.717) is 6.04 Å². The molecule has 0 saturated carbocycles. The van der Waals surface area contributed by atoms with Crippen molar-refractivity contribution in [2.24, 2.45) is 0 Å². The molecule has 0 aromatic carbocycles. The van der Waals surface area contributed by atoms with Gasteiger partial charge < -0.3 is 20.1 Å². The van der Waals surface area contributed by atoms with Crippen molar-refractivity contribution < 1.29 is 14.6 Å².